The fourth-order valence-corrected chi connectivity index (χ4v) is 5.48. The highest BCUT2D eigenvalue weighted by atomic mass is 19.4. The largest absolute Gasteiger partial charge is 0.451 e. The smallest absolute Gasteiger partial charge is 0.432 e. The van der Waals surface area contributed by atoms with Crippen LogP contribution in [-0.4, -0.2) is 31.7 Å². The van der Waals surface area contributed by atoms with E-state index < -0.39 is 95.6 Å². The minimum atomic E-state index is -5.44. The van der Waals surface area contributed by atoms with E-state index in [1.165, 1.54) is 0 Å². The van der Waals surface area contributed by atoms with Gasteiger partial charge < -0.3 is 18.9 Å². The molecule has 246 valence electrons. The van der Waals surface area contributed by atoms with Crippen molar-refractivity contribution in [3.8, 4) is 11.5 Å². The number of rotatable bonds is 10. The summed E-state index contributed by atoms with van der Waals surface area (Å²) in [5, 5.41) is 0. The van der Waals surface area contributed by atoms with Crippen LogP contribution in [0.1, 0.15) is 68.9 Å². The highest BCUT2D eigenvalue weighted by Gasteiger charge is 2.49. The van der Waals surface area contributed by atoms with E-state index in [4.69, 9.17) is 14.2 Å². The van der Waals surface area contributed by atoms with Crippen molar-refractivity contribution in [3.63, 3.8) is 0 Å². The molecule has 1 heterocycles. The molecule has 15 heteroatoms. The summed E-state index contributed by atoms with van der Waals surface area (Å²) in [7, 11) is 0. The molecule has 44 heavy (non-hydrogen) atoms. The zero-order valence-corrected chi connectivity index (χ0v) is 23.3. The van der Waals surface area contributed by atoms with Gasteiger partial charge in [0.05, 0.1) is 19.1 Å². The van der Waals surface area contributed by atoms with Gasteiger partial charge in [0.15, 0.2) is 0 Å². The SMILES string of the molecule is CCCCC1CCC(C(F)(F)Oc2cc(F)c(C3COC(C(F)(F)Oc4cc(F)c(C(F)(F)F)c(F)c4)OC3)c(F)c2)CC1. The first-order chi connectivity index (χ1) is 20.5. The van der Waals surface area contributed by atoms with Crippen LogP contribution in [0.3, 0.4) is 0 Å². The Morgan fingerprint density at radius 1 is 0.705 bits per heavy atom. The molecule has 0 aromatic heterocycles. The third-order valence-electron chi connectivity index (χ3n) is 7.73. The van der Waals surface area contributed by atoms with Gasteiger partial charge in [-0.05, 0) is 31.6 Å². The Balaban J connectivity index is 1.37. The number of alkyl halides is 7. The van der Waals surface area contributed by atoms with E-state index in [2.05, 4.69) is 4.74 Å². The summed E-state index contributed by atoms with van der Waals surface area (Å²) < 4.78 is 173. The first-order valence-electron chi connectivity index (χ1n) is 13.9. The van der Waals surface area contributed by atoms with Crippen LogP contribution in [0.15, 0.2) is 24.3 Å². The maximum absolute atomic E-state index is 14.9. The molecule has 4 nitrogen and oxygen atoms in total. The van der Waals surface area contributed by atoms with E-state index in [0.717, 1.165) is 19.3 Å². The van der Waals surface area contributed by atoms with Crippen molar-refractivity contribution in [2.24, 2.45) is 11.8 Å². The zero-order valence-electron chi connectivity index (χ0n) is 23.3. The van der Waals surface area contributed by atoms with Gasteiger partial charge in [-0.2, -0.15) is 30.7 Å². The van der Waals surface area contributed by atoms with Crippen LogP contribution >= 0.6 is 0 Å². The first kappa shape index (κ1) is 34.1. The predicted molar refractivity (Wildman–Crippen MR) is 132 cm³/mol. The van der Waals surface area contributed by atoms with E-state index in [-0.39, 0.29) is 25.0 Å². The van der Waals surface area contributed by atoms with Crippen LogP contribution in [0.4, 0.5) is 48.3 Å². The summed E-state index contributed by atoms with van der Waals surface area (Å²) in [4.78, 5) is 0. The topological polar surface area (TPSA) is 36.9 Å². The number of hydrogen-bond acceptors (Lipinski definition) is 4. The summed E-state index contributed by atoms with van der Waals surface area (Å²) >= 11 is 0. The van der Waals surface area contributed by atoms with Gasteiger partial charge >= 0.3 is 18.4 Å². The molecule has 1 saturated heterocycles. The minimum absolute atomic E-state index is 0.109. The molecular formula is C29H29F11O4. The Morgan fingerprint density at radius 3 is 1.66 bits per heavy atom. The number of benzene rings is 2. The number of ether oxygens (including phenoxy) is 4. The lowest BCUT2D eigenvalue weighted by molar-refractivity contribution is -0.347. The van der Waals surface area contributed by atoms with Crippen LogP contribution in [0.2, 0.25) is 0 Å². The van der Waals surface area contributed by atoms with Crippen molar-refractivity contribution in [3.05, 3.63) is 58.7 Å². The Labute approximate surface area is 245 Å². The Kier molecular flexibility index (Phi) is 10.3. The maximum atomic E-state index is 14.9. The van der Waals surface area contributed by atoms with Crippen LogP contribution in [0, 0.1) is 35.1 Å². The molecule has 2 aliphatic rings. The second-order valence-corrected chi connectivity index (χ2v) is 10.9. The highest BCUT2D eigenvalue weighted by molar-refractivity contribution is 5.34. The summed E-state index contributed by atoms with van der Waals surface area (Å²) in [6, 6.07) is 0.858. The van der Waals surface area contributed by atoms with E-state index in [1.54, 1.807) is 0 Å². The molecule has 0 N–H and O–H groups in total. The molecule has 1 aliphatic heterocycles. The molecular weight excluding hydrogens is 621 g/mol. The van der Waals surface area contributed by atoms with Crippen molar-refractivity contribution >= 4 is 0 Å². The Bertz CT molecular complexity index is 1240. The van der Waals surface area contributed by atoms with Gasteiger partial charge in [0, 0.05) is 35.7 Å². The third kappa shape index (κ3) is 7.88. The summed E-state index contributed by atoms with van der Waals surface area (Å²) in [5.74, 6) is -11.3. The number of unbranched alkanes of at least 4 members (excludes halogenated alkanes) is 1. The van der Waals surface area contributed by atoms with Gasteiger partial charge in [0.1, 0.15) is 40.3 Å². The van der Waals surface area contributed by atoms with Crippen LogP contribution < -0.4 is 9.47 Å². The molecule has 0 spiro atoms. The lowest BCUT2D eigenvalue weighted by Crippen LogP contribution is -2.47. The van der Waals surface area contributed by atoms with Crippen LogP contribution in [-0.2, 0) is 15.7 Å². The third-order valence-corrected chi connectivity index (χ3v) is 7.73. The lowest BCUT2D eigenvalue weighted by atomic mass is 9.79. The first-order valence-corrected chi connectivity index (χ1v) is 13.9. The predicted octanol–water partition coefficient (Wildman–Crippen LogP) is 9.36. The molecule has 2 aromatic rings. The van der Waals surface area contributed by atoms with Gasteiger partial charge in [-0.15, -0.1) is 0 Å². The summed E-state index contributed by atoms with van der Waals surface area (Å²) in [6.45, 7) is 0.440. The quantitative estimate of drug-likeness (QED) is 0.240. The van der Waals surface area contributed by atoms with Crippen molar-refractivity contribution in [1.82, 2.24) is 0 Å². The Morgan fingerprint density at radius 2 is 1.18 bits per heavy atom. The molecule has 0 unspecified atom stereocenters. The molecule has 1 aliphatic carbocycles. The molecule has 0 atom stereocenters. The van der Waals surface area contributed by atoms with Crippen molar-refractivity contribution < 1.29 is 67.2 Å². The normalized spacial score (nSPS) is 23.5. The number of hydrogen-bond donors (Lipinski definition) is 0. The number of halogens is 11. The van der Waals surface area contributed by atoms with Gasteiger partial charge in [0.25, 0.3) is 6.29 Å². The average molecular weight is 651 g/mol. The zero-order chi connectivity index (χ0) is 32.4. The second kappa shape index (κ2) is 13.3. The molecule has 0 radical (unpaired) electrons. The molecule has 2 fully saturated rings. The maximum Gasteiger partial charge on any atom is 0.451 e. The van der Waals surface area contributed by atoms with E-state index >= 15 is 0 Å². The van der Waals surface area contributed by atoms with Crippen LogP contribution in [0.5, 0.6) is 11.5 Å². The second-order valence-electron chi connectivity index (χ2n) is 10.9. The van der Waals surface area contributed by atoms with Gasteiger partial charge in [0.2, 0.25) is 0 Å². The Hall–Kier alpha value is -2.81. The van der Waals surface area contributed by atoms with Crippen molar-refractivity contribution in [2.45, 2.75) is 82.5 Å². The fourth-order valence-electron chi connectivity index (χ4n) is 5.48. The highest BCUT2D eigenvalue weighted by Crippen LogP contribution is 2.43. The van der Waals surface area contributed by atoms with Crippen molar-refractivity contribution in [1.29, 1.82) is 0 Å². The standard InChI is InChI=1S/C29H29F11O4/c1-2-3-4-15-5-7-17(8-6-15)28(37,38)43-18-9-20(30)24(21(31)10-18)16-13-41-26(42-14-16)29(39,40)44-19-11-22(32)25(23(33)12-19)27(34,35)36/h9-12,15-17,26H,2-8,13-14H2,1H3. The molecule has 0 bridgehead atoms. The van der Waals surface area contributed by atoms with E-state index in [9.17, 15) is 48.3 Å². The summed E-state index contributed by atoms with van der Waals surface area (Å²) in [6.07, 6.45) is -11.7. The monoisotopic (exact) mass is 650 g/mol. The van der Waals surface area contributed by atoms with Crippen molar-refractivity contribution in [2.75, 3.05) is 13.2 Å². The summed E-state index contributed by atoms with van der Waals surface area (Å²) in [5.41, 5.74) is -3.03. The minimum Gasteiger partial charge on any atom is -0.432 e. The molecule has 2 aromatic carbocycles. The molecule has 0 amide bonds. The molecule has 1 saturated carbocycles. The van der Waals surface area contributed by atoms with E-state index in [0.29, 0.717) is 30.9 Å². The van der Waals surface area contributed by atoms with Gasteiger partial charge in [-0.3, -0.25) is 0 Å². The lowest BCUT2D eigenvalue weighted by Gasteiger charge is -2.34. The van der Waals surface area contributed by atoms with Gasteiger partial charge in [-0.25, -0.2) is 17.6 Å². The molecule has 4 rings (SSSR count). The fraction of sp³-hybridized carbons (Fsp3) is 0.586. The van der Waals surface area contributed by atoms with E-state index in [1.807, 2.05) is 6.92 Å². The average Bonchev–Trinajstić information content (AvgIpc) is 2.90. The van der Waals surface area contributed by atoms with Gasteiger partial charge in [-0.1, -0.05) is 26.2 Å². The van der Waals surface area contributed by atoms with Crippen LogP contribution in [0.25, 0.3) is 0 Å².